The SMILES string of the molecule is Cn1c(=O)c(C(=O)NCC2CCN(Cc3ccccc3F)CC2)nc2ccccc21. The second-order valence-electron chi connectivity index (χ2n) is 7.83. The molecule has 1 saturated heterocycles. The van der Waals surface area contributed by atoms with Crippen molar-refractivity contribution in [3.05, 3.63) is 76.0 Å². The molecule has 1 aromatic heterocycles. The predicted molar refractivity (Wildman–Crippen MR) is 114 cm³/mol. The topological polar surface area (TPSA) is 67.2 Å². The fourth-order valence-electron chi connectivity index (χ4n) is 3.96. The Balaban J connectivity index is 1.33. The van der Waals surface area contributed by atoms with E-state index in [1.54, 1.807) is 25.2 Å². The molecule has 0 bridgehead atoms. The Hall–Kier alpha value is -3.06. The van der Waals surface area contributed by atoms with Crippen molar-refractivity contribution in [3.8, 4) is 0 Å². The lowest BCUT2D eigenvalue weighted by molar-refractivity contribution is 0.0928. The summed E-state index contributed by atoms with van der Waals surface area (Å²) in [5, 5.41) is 2.88. The van der Waals surface area contributed by atoms with Crippen LogP contribution in [0.4, 0.5) is 4.39 Å². The molecule has 1 amide bonds. The number of likely N-dealkylation sites (tertiary alicyclic amines) is 1. The number of hydrogen-bond donors (Lipinski definition) is 1. The third-order valence-electron chi connectivity index (χ3n) is 5.81. The van der Waals surface area contributed by atoms with Crippen molar-refractivity contribution < 1.29 is 9.18 Å². The molecule has 0 spiro atoms. The molecule has 0 radical (unpaired) electrons. The zero-order chi connectivity index (χ0) is 21.1. The number of halogens is 1. The van der Waals surface area contributed by atoms with Crippen LogP contribution in [-0.2, 0) is 13.6 Å². The van der Waals surface area contributed by atoms with E-state index in [0.717, 1.165) is 25.9 Å². The highest BCUT2D eigenvalue weighted by molar-refractivity contribution is 5.93. The molecular formula is C23H25FN4O2. The quantitative estimate of drug-likeness (QED) is 0.705. The molecule has 0 unspecified atom stereocenters. The van der Waals surface area contributed by atoms with Crippen molar-refractivity contribution in [2.24, 2.45) is 13.0 Å². The number of aryl methyl sites for hydroxylation is 1. The van der Waals surface area contributed by atoms with E-state index < -0.39 is 11.5 Å². The van der Waals surface area contributed by atoms with Crippen LogP contribution in [0.1, 0.15) is 28.9 Å². The van der Waals surface area contributed by atoms with Crippen LogP contribution >= 0.6 is 0 Å². The molecule has 6 nitrogen and oxygen atoms in total. The highest BCUT2D eigenvalue weighted by Gasteiger charge is 2.22. The third-order valence-corrected chi connectivity index (χ3v) is 5.81. The summed E-state index contributed by atoms with van der Waals surface area (Å²) >= 11 is 0. The summed E-state index contributed by atoms with van der Waals surface area (Å²) in [6, 6.07) is 14.1. The monoisotopic (exact) mass is 408 g/mol. The van der Waals surface area contributed by atoms with Crippen LogP contribution in [-0.4, -0.2) is 40.0 Å². The molecule has 0 aliphatic carbocycles. The first-order valence-electron chi connectivity index (χ1n) is 10.2. The molecule has 4 rings (SSSR count). The summed E-state index contributed by atoms with van der Waals surface area (Å²) in [6.45, 7) is 2.81. The Morgan fingerprint density at radius 1 is 1.13 bits per heavy atom. The fraction of sp³-hybridized carbons (Fsp3) is 0.348. The average molecular weight is 408 g/mol. The van der Waals surface area contributed by atoms with Crippen molar-refractivity contribution in [3.63, 3.8) is 0 Å². The lowest BCUT2D eigenvalue weighted by atomic mass is 9.96. The summed E-state index contributed by atoms with van der Waals surface area (Å²) in [6.07, 6.45) is 1.83. The average Bonchev–Trinajstić information content (AvgIpc) is 2.77. The summed E-state index contributed by atoms with van der Waals surface area (Å²) in [5.41, 5.74) is 1.55. The van der Waals surface area contributed by atoms with Crippen molar-refractivity contribution in [2.45, 2.75) is 19.4 Å². The van der Waals surface area contributed by atoms with Crippen LogP contribution in [0.2, 0.25) is 0 Å². The number of benzene rings is 2. The Morgan fingerprint density at radius 2 is 1.83 bits per heavy atom. The summed E-state index contributed by atoms with van der Waals surface area (Å²) in [7, 11) is 1.65. The van der Waals surface area contributed by atoms with Gasteiger partial charge in [0, 0.05) is 25.7 Å². The zero-order valence-corrected chi connectivity index (χ0v) is 17.0. The second kappa shape index (κ2) is 8.75. The lowest BCUT2D eigenvalue weighted by Gasteiger charge is -2.32. The molecule has 7 heteroatoms. The number of aromatic nitrogens is 2. The largest absolute Gasteiger partial charge is 0.350 e. The molecule has 1 fully saturated rings. The van der Waals surface area contributed by atoms with E-state index in [4.69, 9.17) is 0 Å². The number of hydrogen-bond acceptors (Lipinski definition) is 4. The number of fused-ring (bicyclic) bond motifs is 1. The van der Waals surface area contributed by atoms with Gasteiger partial charge < -0.3 is 9.88 Å². The van der Waals surface area contributed by atoms with Gasteiger partial charge in [0.15, 0.2) is 5.69 Å². The number of amides is 1. The third kappa shape index (κ3) is 4.26. The minimum Gasteiger partial charge on any atom is -0.350 e. The molecule has 0 atom stereocenters. The molecule has 1 N–H and O–H groups in total. The van der Waals surface area contributed by atoms with Gasteiger partial charge in [0.05, 0.1) is 11.0 Å². The maximum absolute atomic E-state index is 13.8. The molecule has 0 saturated carbocycles. The normalized spacial score (nSPS) is 15.4. The maximum Gasteiger partial charge on any atom is 0.282 e. The smallest absolute Gasteiger partial charge is 0.282 e. The first-order valence-corrected chi connectivity index (χ1v) is 10.2. The van der Waals surface area contributed by atoms with Crippen LogP contribution in [0.15, 0.2) is 53.3 Å². The first kappa shape index (κ1) is 20.2. The summed E-state index contributed by atoms with van der Waals surface area (Å²) in [5.74, 6) is -0.276. The van der Waals surface area contributed by atoms with Crippen LogP contribution in [0.5, 0.6) is 0 Å². The highest BCUT2D eigenvalue weighted by atomic mass is 19.1. The molecule has 2 heterocycles. The van der Waals surface area contributed by atoms with E-state index in [2.05, 4.69) is 15.2 Å². The highest BCUT2D eigenvalue weighted by Crippen LogP contribution is 2.19. The van der Waals surface area contributed by atoms with Crippen LogP contribution in [0, 0.1) is 11.7 Å². The van der Waals surface area contributed by atoms with Gasteiger partial charge in [0.2, 0.25) is 0 Å². The van der Waals surface area contributed by atoms with E-state index in [-0.39, 0.29) is 11.5 Å². The molecular weight excluding hydrogens is 383 g/mol. The van der Waals surface area contributed by atoms with Gasteiger partial charge in [-0.3, -0.25) is 14.5 Å². The maximum atomic E-state index is 13.8. The van der Waals surface area contributed by atoms with Crippen molar-refractivity contribution >= 4 is 16.9 Å². The van der Waals surface area contributed by atoms with Gasteiger partial charge in [-0.15, -0.1) is 0 Å². The second-order valence-corrected chi connectivity index (χ2v) is 7.83. The van der Waals surface area contributed by atoms with Gasteiger partial charge in [0.1, 0.15) is 5.82 Å². The Labute approximate surface area is 174 Å². The Bertz CT molecular complexity index is 1120. The van der Waals surface area contributed by atoms with E-state index >= 15 is 0 Å². The molecule has 1 aliphatic heterocycles. The van der Waals surface area contributed by atoms with Crippen LogP contribution in [0.25, 0.3) is 11.0 Å². The van der Waals surface area contributed by atoms with Crippen molar-refractivity contribution in [2.75, 3.05) is 19.6 Å². The van der Waals surface area contributed by atoms with Gasteiger partial charge in [-0.05, 0) is 50.0 Å². The molecule has 30 heavy (non-hydrogen) atoms. The van der Waals surface area contributed by atoms with E-state index in [1.807, 2.05) is 24.3 Å². The predicted octanol–water partition coefficient (Wildman–Crippen LogP) is 2.71. The molecule has 1 aliphatic rings. The van der Waals surface area contributed by atoms with Gasteiger partial charge in [-0.2, -0.15) is 0 Å². The lowest BCUT2D eigenvalue weighted by Crippen LogP contribution is -2.40. The number of piperidine rings is 1. The van der Waals surface area contributed by atoms with Crippen LogP contribution < -0.4 is 10.9 Å². The molecule has 2 aromatic carbocycles. The van der Waals surface area contributed by atoms with E-state index in [1.165, 1.54) is 10.6 Å². The molecule has 156 valence electrons. The zero-order valence-electron chi connectivity index (χ0n) is 17.0. The van der Waals surface area contributed by atoms with Gasteiger partial charge in [0.25, 0.3) is 11.5 Å². The van der Waals surface area contributed by atoms with E-state index in [0.29, 0.717) is 35.6 Å². The number of nitrogens with one attached hydrogen (secondary N) is 1. The fourth-order valence-corrected chi connectivity index (χ4v) is 3.96. The van der Waals surface area contributed by atoms with E-state index in [9.17, 15) is 14.0 Å². The summed E-state index contributed by atoms with van der Waals surface area (Å²) in [4.78, 5) is 31.6. The summed E-state index contributed by atoms with van der Waals surface area (Å²) < 4.78 is 15.3. The standard InChI is InChI=1S/C23H25FN4O2/c1-27-20-9-5-4-8-19(20)26-21(23(27)30)22(29)25-14-16-10-12-28(13-11-16)15-17-6-2-3-7-18(17)24/h2-9,16H,10-15H2,1H3,(H,25,29). The number of carbonyl (C=O) groups excluding carboxylic acids is 1. The number of carbonyl (C=O) groups is 1. The number of para-hydroxylation sites is 2. The number of rotatable bonds is 5. The minimum atomic E-state index is -0.435. The van der Waals surface area contributed by atoms with Gasteiger partial charge in [-0.1, -0.05) is 30.3 Å². The van der Waals surface area contributed by atoms with Crippen molar-refractivity contribution in [1.82, 2.24) is 19.8 Å². The Morgan fingerprint density at radius 3 is 2.60 bits per heavy atom. The Kier molecular flexibility index (Phi) is 5.90. The van der Waals surface area contributed by atoms with Gasteiger partial charge in [-0.25, -0.2) is 9.37 Å². The molecule has 3 aromatic rings. The van der Waals surface area contributed by atoms with Crippen LogP contribution in [0.3, 0.4) is 0 Å². The van der Waals surface area contributed by atoms with Crippen molar-refractivity contribution in [1.29, 1.82) is 0 Å². The number of nitrogens with zero attached hydrogens (tertiary/aromatic N) is 3. The van der Waals surface area contributed by atoms with Gasteiger partial charge >= 0.3 is 0 Å². The minimum absolute atomic E-state index is 0.0758. The first-order chi connectivity index (χ1) is 14.5.